The fourth-order valence-electron chi connectivity index (χ4n) is 4.52. The van der Waals surface area contributed by atoms with Crippen molar-refractivity contribution in [3.8, 4) is 11.5 Å². The Labute approximate surface area is 239 Å². The van der Waals surface area contributed by atoms with Crippen molar-refractivity contribution in [2.24, 2.45) is 0 Å². The number of methoxy groups -OCH3 is 2. The van der Waals surface area contributed by atoms with Crippen LogP contribution in [0.1, 0.15) is 45.5 Å². The van der Waals surface area contributed by atoms with E-state index in [0.717, 1.165) is 24.8 Å². The number of sulfonamides is 1. The van der Waals surface area contributed by atoms with Gasteiger partial charge in [-0.05, 0) is 67.3 Å². The largest absolute Gasteiger partial charge is 0.493 e. The molecule has 0 saturated carbocycles. The second kappa shape index (κ2) is 13.2. The quantitative estimate of drug-likeness (QED) is 0.355. The third-order valence-electron chi connectivity index (χ3n) is 6.70. The van der Waals surface area contributed by atoms with Crippen LogP contribution in [0.3, 0.4) is 0 Å². The first-order valence-electron chi connectivity index (χ1n) is 12.9. The van der Waals surface area contributed by atoms with Gasteiger partial charge in [0.25, 0.3) is 11.8 Å². The van der Waals surface area contributed by atoms with Crippen LogP contribution < -0.4 is 20.1 Å². The molecule has 1 fully saturated rings. The highest BCUT2D eigenvalue weighted by Gasteiger charge is 2.27. The second-order valence-corrected chi connectivity index (χ2v) is 11.6. The van der Waals surface area contributed by atoms with Gasteiger partial charge in [0, 0.05) is 19.6 Å². The van der Waals surface area contributed by atoms with Crippen LogP contribution in [0.15, 0.2) is 65.6 Å². The van der Waals surface area contributed by atoms with Crippen molar-refractivity contribution < 1.29 is 27.5 Å². The van der Waals surface area contributed by atoms with Gasteiger partial charge < -0.3 is 20.1 Å². The average molecular weight is 586 g/mol. The minimum Gasteiger partial charge on any atom is -0.493 e. The van der Waals surface area contributed by atoms with Crippen LogP contribution in [0, 0.1) is 0 Å². The normalized spacial score (nSPS) is 13.9. The van der Waals surface area contributed by atoms with E-state index in [2.05, 4.69) is 10.6 Å². The number of amides is 2. The summed E-state index contributed by atoms with van der Waals surface area (Å²) in [6.45, 7) is 1.24. The van der Waals surface area contributed by atoms with Crippen LogP contribution in [0.5, 0.6) is 11.5 Å². The second-order valence-electron chi connectivity index (χ2n) is 9.30. The summed E-state index contributed by atoms with van der Waals surface area (Å²) >= 11 is 6.30. The summed E-state index contributed by atoms with van der Waals surface area (Å²) < 4.78 is 38.3. The van der Waals surface area contributed by atoms with Crippen molar-refractivity contribution in [2.45, 2.75) is 30.6 Å². The molecule has 0 atom stereocenters. The minimum absolute atomic E-state index is 0.00316. The fraction of sp³-hybridized carbons (Fsp3) is 0.310. The van der Waals surface area contributed by atoms with Crippen LogP contribution in [-0.4, -0.2) is 58.4 Å². The lowest BCUT2D eigenvalue weighted by Gasteiger charge is -2.26. The van der Waals surface area contributed by atoms with Gasteiger partial charge in [-0.2, -0.15) is 4.31 Å². The molecular weight excluding hydrogens is 554 g/mol. The van der Waals surface area contributed by atoms with Gasteiger partial charge in [0.05, 0.1) is 41.0 Å². The van der Waals surface area contributed by atoms with Crippen molar-refractivity contribution in [1.82, 2.24) is 9.62 Å². The number of anilines is 1. The van der Waals surface area contributed by atoms with Crippen molar-refractivity contribution in [3.05, 3.63) is 82.4 Å². The summed E-state index contributed by atoms with van der Waals surface area (Å²) in [6, 6.07) is 16.2. The molecule has 0 spiro atoms. The van der Waals surface area contributed by atoms with Gasteiger partial charge in [0.2, 0.25) is 10.0 Å². The van der Waals surface area contributed by atoms with Crippen molar-refractivity contribution >= 4 is 39.1 Å². The first kappa shape index (κ1) is 29.4. The predicted molar refractivity (Wildman–Crippen MR) is 154 cm³/mol. The number of para-hydroxylation sites is 1. The first-order chi connectivity index (χ1) is 19.2. The van der Waals surface area contributed by atoms with Crippen molar-refractivity contribution in [3.63, 3.8) is 0 Å². The smallest absolute Gasteiger partial charge is 0.257 e. The third-order valence-corrected chi connectivity index (χ3v) is 8.93. The van der Waals surface area contributed by atoms with E-state index in [1.54, 1.807) is 44.6 Å². The minimum atomic E-state index is -3.76. The Kier molecular flexibility index (Phi) is 9.67. The molecule has 0 bridgehead atoms. The Morgan fingerprint density at radius 2 is 1.60 bits per heavy atom. The molecule has 1 heterocycles. The molecule has 2 amide bonds. The Balaban J connectivity index is 1.46. The van der Waals surface area contributed by atoms with Gasteiger partial charge >= 0.3 is 0 Å². The topological polar surface area (TPSA) is 114 Å². The zero-order valence-corrected chi connectivity index (χ0v) is 24.0. The molecule has 1 aliphatic heterocycles. The van der Waals surface area contributed by atoms with Crippen LogP contribution in [0.25, 0.3) is 0 Å². The average Bonchev–Trinajstić information content (AvgIpc) is 2.97. The van der Waals surface area contributed by atoms with Gasteiger partial charge in [-0.15, -0.1) is 0 Å². The maximum absolute atomic E-state index is 13.2. The molecule has 0 radical (unpaired) electrons. The van der Waals surface area contributed by atoms with E-state index < -0.39 is 15.9 Å². The molecule has 2 N–H and O–H groups in total. The number of carbonyl (C=O) groups excluding carboxylic acids is 2. The van der Waals surface area contributed by atoms with Crippen molar-refractivity contribution in [2.75, 3.05) is 39.2 Å². The SMILES string of the molecule is COc1ccc(CCNC(=O)c2ccccc2NC(=O)c2cc(S(=O)(=O)N3CCCCC3)ccc2Cl)cc1OC. The molecule has 0 unspecified atom stereocenters. The van der Waals surface area contributed by atoms with Crippen LogP contribution >= 0.6 is 11.6 Å². The van der Waals surface area contributed by atoms with E-state index in [1.807, 2.05) is 12.1 Å². The number of piperidine rings is 1. The van der Waals surface area contributed by atoms with Gasteiger partial charge in [-0.3, -0.25) is 9.59 Å². The lowest BCUT2D eigenvalue weighted by atomic mass is 10.1. The molecule has 212 valence electrons. The third kappa shape index (κ3) is 6.75. The number of nitrogens with zero attached hydrogens (tertiary/aromatic N) is 1. The Bertz CT molecular complexity index is 1490. The number of nitrogens with one attached hydrogen (secondary N) is 2. The highest BCUT2D eigenvalue weighted by Crippen LogP contribution is 2.28. The highest BCUT2D eigenvalue weighted by molar-refractivity contribution is 7.89. The van der Waals surface area contributed by atoms with E-state index >= 15 is 0 Å². The summed E-state index contributed by atoms with van der Waals surface area (Å²) in [6.07, 6.45) is 3.14. The Morgan fingerprint density at radius 3 is 2.33 bits per heavy atom. The molecular formula is C29H32ClN3O6S. The number of ether oxygens (including phenoxy) is 2. The molecule has 9 nitrogen and oxygen atoms in total. The summed E-state index contributed by atoms with van der Waals surface area (Å²) in [4.78, 5) is 26.2. The van der Waals surface area contributed by atoms with E-state index in [4.69, 9.17) is 21.1 Å². The van der Waals surface area contributed by atoms with E-state index in [-0.39, 0.29) is 32.6 Å². The summed E-state index contributed by atoms with van der Waals surface area (Å²) in [5, 5.41) is 5.69. The monoisotopic (exact) mass is 585 g/mol. The molecule has 3 aromatic rings. The van der Waals surface area contributed by atoms with Crippen LogP contribution in [0.2, 0.25) is 5.02 Å². The molecule has 11 heteroatoms. The number of rotatable bonds is 10. The van der Waals surface area contributed by atoms with E-state index in [9.17, 15) is 18.0 Å². The zero-order chi connectivity index (χ0) is 28.7. The zero-order valence-electron chi connectivity index (χ0n) is 22.4. The molecule has 1 saturated heterocycles. The van der Waals surface area contributed by atoms with E-state index in [0.29, 0.717) is 37.6 Å². The highest BCUT2D eigenvalue weighted by atomic mass is 35.5. The maximum Gasteiger partial charge on any atom is 0.257 e. The lowest BCUT2D eigenvalue weighted by molar-refractivity contribution is 0.0955. The number of hydrogen-bond donors (Lipinski definition) is 2. The number of benzene rings is 3. The van der Waals surface area contributed by atoms with Gasteiger partial charge in [0.1, 0.15) is 0 Å². The maximum atomic E-state index is 13.2. The number of hydrogen-bond acceptors (Lipinski definition) is 6. The predicted octanol–water partition coefficient (Wildman–Crippen LogP) is 4.76. The van der Waals surface area contributed by atoms with Crippen LogP contribution in [-0.2, 0) is 16.4 Å². The molecule has 4 rings (SSSR count). The standard InChI is InChI=1S/C29H32ClN3O6S/c1-38-26-13-10-20(18-27(26)39-2)14-15-31-28(34)22-8-4-5-9-25(22)32-29(35)23-19-21(11-12-24(23)30)40(36,37)33-16-6-3-7-17-33/h4-5,8-13,18-19H,3,6-7,14-17H2,1-2H3,(H,31,34)(H,32,35). The Hall–Kier alpha value is -3.60. The lowest BCUT2D eigenvalue weighted by Crippen LogP contribution is -2.35. The Morgan fingerprint density at radius 1 is 0.875 bits per heavy atom. The van der Waals surface area contributed by atoms with E-state index in [1.165, 1.54) is 22.5 Å². The summed E-state index contributed by atoms with van der Waals surface area (Å²) in [7, 11) is -0.628. The van der Waals surface area contributed by atoms with Gasteiger partial charge in [-0.25, -0.2) is 8.42 Å². The first-order valence-corrected chi connectivity index (χ1v) is 14.8. The van der Waals surface area contributed by atoms with Crippen molar-refractivity contribution in [1.29, 1.82) is 0 Å². The molecule has 40 heavy (non-hydrogen) atoms. The molecule has 1 aliphatic rings. The summed E-state index contributed by atoms with van der Waals surface area (Å²) in [5.41, 5.74) is 1.49. The fourth-order valence-corrected chi connectivity index (χ4v) is 6.27. The van der Waals surface area contributed by atoms with Gasteiger partial charge in [-0.1, -0.05) is 36.2 Å². The number of halogens is 1. The summed E-state index contributed by atoms with van der Waals surface area (Å²) in [5.74, 6) is 0.232. The molecule has 0 aromatic heterocycles. The number of carbonyl (C=O) groups is 2. The van der Waals surface area contributed by atoms with Gasteiger partial charge in [0.15, 0.2) is 11.5 Å². The molecule has 3 aromatic carbocycles. The van der Waals surface area contributed by atoms with Crippen LogP contribution in [0.4, 0.5) is 5.69 Å². The molecule has 0 aliphatic carbocycles.